The van der Waals surface area contributed by atoms with Gasteiger partial charge in [0.1, 0.15) is 5.75 Å². The number of rotatable bonds is 5. The van der Waals surface area contributed by atoms with Gasteiger partial charge in [-0.15, -0.1) is 0 Å². The molecule has 1 unspecified atom stereocenters. The molecule has 0 spiro atoms. The maximum atomic E-state index is 12.0. The van der Waals surface area contributed by atoms with Crippen molar-refractivity contribution in [2.45, 2.75) is 4.90 Å². The molecule has 1 atom stereocenters. The van der Waals surface area contributed by atoms with Crippen molar-refractivity contribution < 1.29 is 8.39 Å². The van der Waals surface area contributed by atoms with E-state index in [1.807, 2.05) is 38.4 Å². The zero-order valence-corrected chi connectivity index (χ0v) is 11.7. The Labute approximate surface area is 115 Å². The van der Waals surface area contributed by atoms with Crippen LogP contribution in [-0.2, 0) is 11.1 Å². The number of nitrogens with one attached hydrogen (secondary N) is 2. The average Bonchev–Trinajstić information content (AvgIpc) is 2.48. The minimum Gasteiger partial charge on any atom is -0.397 e. The molecule has 0 aliphatic carbocycles. The third-order valence-corrected chi connectivity index (χ3v) is 3.65. The van der Waals surface area contributed by atoms with Gasteiger partial charge >= 0.3 is 0 Å². The second-order valence-electron chi connectivity index (χ2n) is 3.87. The van der Waals surface area contributed by atoms with Gasteiger partial charge in [0.25, 0.3) is 0 Å². The summed E-state index contributed by atoms with van der Waals surface area (Å²) in [5.41, 5.74) is 1.95. The van der Waals surface area contributed by atoms with E-state index in [1.165, 1.54) is 0 Å². The molecule has 0 aliphatic rings. The predicted molar refractivity (Wildman–Crippen MR) is 79.0 cm³/mol. The molecule has 0 bridgehead atoms. The third kappa shape index (κ3) is 3.48. The molecule has 2 aromatic rings. The summed E-state index contributed by atoms with van der Waals surface area (Å²) in [5, 5.41) is 6.02. The lowest BCUT2D eigenvalue weighted by molar-refractivity contribution is 0.562. The Morgan fingerprint density at radius 2 is 1.32 bits per heavy atom. The molecule has 19 heavy (non-hydrogen) atoms. The Morgan fingerprint density at radius 3 is 1.79 bits per heavy atom. The van der Waals surface area contributed by atoms with Crippen LogP contribution in [0.15, 0.2) is 53.4 Å². The Bertz CT molecular complexity index is 553. The van der Waals surface area contributed by atoms with Gasteiger partial charge in [0.15, 0.2) is 0 Å². The number of hydrogen-bond donors (Lipinski definition) is 2. The quantitative estimate of drug-likeness (QED) is 0.881. The fourth-order valence-electron chi connectivity index (χ4n) is 1.55. The molecule has 0 aliphatic heterocycles. The lowest BCUT2D eigenvalue weighted by Gasteiger charge is -2.06. The second-order valence-corrected chi connectivity index (χ2v) is 4.97. The summed E-state index contributed by atoms with van der Waals surface area (Å²) in [4.78, 5) is 0.636. The standard InChI is InChI=1S/C14H16N2O2S/c1-15-11-3-7-13(8-4-11)18-19(17)14-9-5-12(16-2)6-10-14/h3-10,15-16H,1-2H3. The van der Waals surface area contributed by atoms with Gasteiger partial charge < -0.3 is 14.8 Å². The van der Waals surface area contributed by atoms with Crippen LogP contribution < -0.4 is 14.8 Å². The summed E-state index contributed by atoms with van der Waals surface area (Å²) < 4.78 is 17.4. The van der Waals surface area contributed by atoms with E-state index in [4.69, 9.17) is 4.18 Å². The molecular weight excluding hydrogens is 260 g/mol. The molecule has 2 aromatic carbocycles. The van der Waals surface area contributed by atoms with Crippen molar-refractivity contribution in [3.63, 3.8) is 0 Å². The third-order valence-electron chi connectivity index (χ3n) is 2.65. The summed E-state index contributed by atoms with van der Waals surface area (Å²) in [6, 6.07) is 14.6. The van der Waals surface area contributed by atoms with Crippen LogP contribution in [0.2, 0.25) is 0 Å². The molecule has 0 saturated carbocycles. The SMILES string of the molecule is CNc1ccc(OS(=O)c2ccc(NC)cc2)cc1. The second kappa shape index (κ2) is 6.24. The summed E-state index contributed by atoms with van der Waals surface area (Å²) in [6.07, 6.45) is 0. The molecule has 5 heteroatoms. The van der Waals surface area contributed by atoms with Crippen LogP contribution in [0.1, 0.15) is 0 Å². The first kappa shape index (κ1) is 13.4. The lowest BCUT2D eigenvalue weighted by Crippen LogP contribution is -2.01. The van der Waals surface area contributed by atoms with Crippen LogP contribution in [0.5, 0.6) is 5.75 Å². The van der Waals surface area contributed by atoms with Crippen molar-refractivity contribution in [3.05, 3.63) is 48.5 Å². The van der Waals surface area contributed by atoms with E-state index in [0.717, 1.165) is 11.4 Å². The highest BCUT2D eigenvalue weighted by Gasteiger charge is 2.06. The molecule has 100 valence electrons. The van der Waals surface area contributed by atoms with Gasteiger partial charge in [-0.25, -0.2) is 4.21 Å². The molecule has 2 N–H and O–H groups in total. The molecule has 0 fully saturated rings. The van der Waals surface area contributed by atoms with E-state index in [0.29, 0.717) is 10.6 Å². The van der Waals surface area contributed by atoms with E-state index >= 15 is 0 Å². The lowest BCUT2D eigenvalue weighted by atomic mass is 10.3. The highest BCUT2D eigenvalue weighted by atomic mass is 32.2. The fourth-order valence-corrected chi connectivity index (χ4v) is 2.29. The minimum absolute atomic E-state index is 0.579. The van der Waals surface area contributed by atoms with E-state index in [-0.39, 0.29) is 0 Å². The van der Waals surface area contributed by atoms with Crippen molar-refractivity contribution >= 4 is 22.5 Å². The van der Waals surface area contributed by atoms with Gasteiger partial charge in [0.2, 0.25) is 11.1 Å². The molecule has 2 rings (SSSR count). The van der Waals surface area contributed by atoms with Gasteiger partial charge in [-0.2, -0.15) is 0 Å². The zero-order chi connectivity index (χ0) is 13.7. The first-order chi connectivity index (χ1) is 9.22. The van der Waals surface area contributed by atoms with Gasteiger partial charge in [0.05, 0.1) is 4.90 Å². The number of anilines is 2. The van der Waals surface area contributed by atoms with Crippen LogP contribution >= 0.6 is 0 Å². The molecular formula is C14H16N2O2S. The van der Waals surface area contributed by atoms with Gasteiger partial charge in [0, 0.05) is 25.5 Å². The van der Waals surface area contributed by atoms with Crippen molar-refractivity contribution in [1.82, 2.24) is 0 Å². The van der Waals surface area contributed by atoms with Crippen LogP contribution in [0.4, 0.5) is 11.4 Å². The Morgan fingerprint density at radius 1 is 0.842 bits per heavy atom. The average molecular weight is 276 g/mol. The summed E-state index contributed by atoms with van der Waals surface area (Å²) in [6.45, 7) is 0. The normalized spacial score (nSPS) is 11.7. The van der Waals surface area contributed by atoms with Crippen molar-refractivity contribution in [3.8, 4) is 5.75 Å². The highest BCUT2D eigenvalue weighted by molar-refractivity contribution is 7.80. The maximum Gasteiger partial charge on any atom is 0.240 e. The molecule has 4 nitrogen and oxygen atoms in total. The molecule has 0 aromatic heterocycles. The van der Waals surface area contributed by atoms with Crippen molar-refractivity contribution in [1.29, 1.82) is 0 Å². The first-order valence-corrected chi connectivity index (χ1v) is 6.96. The topological polar surface area (TPSA) is 50.4 Å². The van der Waals surface area contributed by atoms with Crippen LogP contribution in [-0.4, -0.2) is 18.3 Å². The highest BCUT2D eigenvalue weighted by Crippen LogP contribution is 2.19. The molecule has 0 heterocycles. The smallest absolute Gasteiger partial charge is 0.240 e. The number of benzene rings is 2. The minimum atomic E-state index is -1.50. The summed E-state index contributed by atoms with van der Waals surface area (Å²) in [5.74, 6) is 0.579. The molecule has 0 amide bonds. The van der Waals surface area contributed by atoms with Crippen LogP contribution in [0, 0.1) is 0 Å². The Kier molecular flexibility index (Phi) is 4.41. The van der Waals surface area contributed by atoms with Gasteiger partial charge in [-0.3, -0.25) is 0 Å². The summed E-state index contributed by atoms with van der Waals surface area (Å²) >= 11 is -1.50. The van der Waals surface area contributed by atoms with Crippen LogP contribution in [0.25, 0.3) is 0 Å². The van der Waals surface area contributed by atoms with E-state index < -0.39 is 11.1 Å². The molecule has 0 saturated heterocycles. The van der Waals surface area contributed by atoms with E-state index in [1.54, 1.807) is 24.3 Å². The molecule has 0 radical (unpaired) electrons. The van der Waals surface area contributed by atoms with E-state index in [9.17, 15) is 4.21 Å². The van der Waals surface area contributed by atoms with Crippen molar-refractivity contribution in [2.75, 3.05) is 24.7 Å². The largest absolute Gasteiger partial charge is 0.397 e. The maximum absolute atomic E-state index is 12.0. The zero-order valence-electron chi connectivity index (χ0n) is 10.8. The summed E-state index contributed by atoms with van der Waals surface area (Å²) in [7, 11) is 3.68. The predicted octanol–water partition coefficient (Wildman–Crippen LogP) is 2.87. The van der Waals surface area contributed by atoms with Crippen LogP contribution in [0.3, 0.4) is 0 Å². The first-order valence-electron chi connectivity index (χ1n) is 5.88. The van der Waals surface area contributed by atoms with Gasteiger partial charge in [-0.1, -0.05) is 0 Å². The van der Waals surface area contributed by atoms with E-state index in [2.05, 4.69) is 10.6 Å². The monoisotopic (exact) mass is 276 g/mol. The van der Waals surface area contributed by atoms with Gasteiger partial charge in [-0.05, 0) is 48.5 Å². The number of hydrogen-bond acceptors (Lipinski definition) is 4. The Balaban J connectivity index is 2.06. The fraction of sp³-hybridized carbons (Fsp3) is 0.143. The Hall–Kier alpha value is -2.01. The van der Waals surface area contributed by atoms with Crippen molar-refractivity contribution in [2.24, 2.45) is 0 Å².